The van der Waals surface area contributed by atoms with E-state index >= 15 is 0 Å². The fourth-order valence-corrected chi connectivity index (χ4v) is 2.61. The van der Waals surface area contributed by atoms with Gasteiger partial charge in [-0.2, -0.15) is 5.10 Å². The molecule has 0 spiro atoms. The first-order valence-electron chi connectivity index (χ1n) is 8.30. The molecule has 0 fully saturated rings. The molecule has 0 bridgehead atoms. The molecule has 1 aromatic carbocycles. The van der Waals surface area contributed by atoms with Gasteiger partial charge in [0, 0.05) is 11.4 Å². The van der Waals surface area contributed by atoms with Crippen molar-refractivity contribution in [2.45, 2.75) is 33.7 Å². The number of rotatable bonds is 5. The Morgan fingerprint density at radius 1 is 1.24 bits per heavy atom. The average molecular weight is 339 g/mol. The van der Waals surface area contributed by atoms with E-state index in [2.05, 4.69) is 10.1 Å². The third-order valence-corrected chi connectivity index (χ3v) is 3.82. The highest BCUT2D eigenvalue weighted by atomic mass is 16.6. The van der Waals surface area contributed by atoms with Crippen molar-refractivity contribution in [3.63, 3.8) is 0 Å². The van der Waals surface area contributed by atoms with Crippen LogP contribution in [0, 0.1) is 6.92 Å². The van der Waals surface area contributed by atoms with Gasteiger partial charge in [-0.05, 0) is 45.9 Å². The van der Waals surface area contributed by atoms with Crippen molar-refractivity contribution in [2.75, 3.05) is 6.61 Å². The van der Waals surface area contributed by atoms with Crippen molar-refractivity contribution in [3.05, 3.63) is 47.8 Å². The van der Waals surface area contributed by atoms with Gasteiger partial charge in [-0.1, -0.05) is 12.1 Å². The molecule has 0 saturated heterocycles. The van der Waals surface area contributed by atoms with Crippen LogP contribution in [0.15, 0.2) is 36.5 Å². The quantitative estimate of drug-likeness (QED) is 0.520. The normalized spacial score (nSPS) is 11.1. The zero-order chi connectivity index (χ0) is 18.0. The highest BCUT2D eigenvalue weighted by Crippen LogP contribution is 2.28. The van der Waals surface area contributed by atoms with Crippen molar-refractivity contribution < 1.29 is 14.3 Å². The Kier molecular flexibility index (Phi) is 4.70. The summed E-state index contributed by atoms with van der Waals surface area (Å²) in [6.07, 6.45) is 1.71. The molecule has 0 aliphatic heterocycles. The first kappa shape index (κ1) is 17.0. The van der Waals surface area contributed by atoms with E-state index in [0.29, 0.717) is 29.4 Å². The molecule has 0 amide bonds. The number of esters is 1. The predicted molar refractivity (Wildman–Crippen MR) is 95.2 cm³/mol. The Bertz CT molecular complexity index is 915. The van der Waals surface area contributed by atoms with Gasteiger partial charge < -0.3 is 9.47 Å². The number of nitrogens with zero attached hydrogens (tertiary/aromatic N) is 3. The Morgan fingerprint density at radius 3 is 2.64 bits per heavy atom. The zero-order valence-electron chi connectivity index (χ0n) is 14.8. The van der Waals surface area contributed by atoms with E-state index in [1.165, 1.54) is 0 Å². The van der Waals surface area contributed by atoms with Crippen molar-refractivity contribution in [1.29, 1.82) is 0 Å². The minimum Gasteiger partial charge on any atom is -0.490 e. The molecule has 6 heteroatoms. The molecular formula is C19H21N3O3. The molecule has 2 heterocycles. The number of fused-ring (bicyclic) bond motifs is 1. The maximum atomic E-state index is 12.6. The summed E-state index contributed by atoms with van der Waals surface area (Å²) in [5.41, 5.74) is 1.79. The fraction of sp³-hybridized carbons (Fsp3) is 0.316. The van der Waals surface area contributed by atoms with Crippen LogP contribution in [0.1, 0.15) is 42.9 Å². The molecule has 0 saturated carbocycles. The molecule has 6 nitrogen and oxygen atoms in total. The van der Waals surface area contributed by atoms with Crippen molar-refractivity contribution in [3.8, 4) is 11.5 Å². The standard InChI is InChI=1S/C19H21N3O3/c1-5-24-16-8-6-7-9-17(16)25-19(23)15-10-14-11-20-22(12(2)3)18(14)21-13(15)4/h6-12H,5H2,1-4H3. The summed E-state index contributed by atoms with van der Waals surface area (Å²) in [6, 6.07) is 9.08. The van der Waals surface area contributed by atoms with E-state index in [0.717, 1.165) is 11.0 Å². The van der Waals surface area contributed by atoms with E-state index in [-0.39, 0.29) is 6.04 Å². The lowest BCUT2D eigenvalue weighted by atomic mass is 10.1. The van der Waals surface area contributed by atoms with Crippen LogP contribution in [0.25, 0.3) is 11.0 Å². The van der Waals surface area contributed by atoms with Gasteiger partial charge in [0.05, 0.1) is 24.1 Å². The predicted octanol–water partition coefficient (Wildman–Crippen LogP) is 3.94. The Hall–Kier alpha value is -2.89. The Balaban J connectivity index is 1.94. The maximum absolute atomic E-state index is 12.6. The van der Waals surface area contributed by atoms with Crippen LogP contribution in [0.2, 0.25) is 0 Å². The number of benzene rings is 1. The number of aromatic nitrogens is 3. The second-order valence-electron chi connectivity index (χ2n) is 5.99. The number of pyridine rings is 1. The second kappa shape index (κ2) is 6.93. The van der Waals surface area contributed by atoms with E-state index in [4.69, 9.17) is 9.47 Å². The van der Waals surface area contributed by atoms with E-state index in [1.54, 1.807) is 37.4 Å². The second-order valence-corrected chi connectivity index (χ2v) is 5.99. The van der Waals surface area contributed by atoms with E-state index in [9.17, 15) is 4.79 Å². The first-order valence-corrected chi connectivity index (χ1v) is 8.30. The number of aryl methyl sites for hydroxylation is 1. The average Bonchev–Trinajstić information content (AvgIpc) is 2.99. The van der Waals surface area contributed by atoms with Crippen LogP contribution in [0.5, 0.6) is 11.5 Å². The summed E-state index contributed by atoms with van der Waals surface area (Å²) in [5.74, 6) is 0.473. The third kappa shape index (κ3) is 3.33. The van der Waals surface area contributed by atoms with Crippen LogP contribution in [-0.2, 0) is 0 Å². The molecule has 0 aliphatic carbocycles. The van der Waals surface area contributed by atoms with Gasteiger partial charge in [0.1, 0.15) is 0 Å². The minimum atomic E-state index is -0.462. The largest absolute Gasteiger partial charge is 0.490 e. The molecule has 130 valence electrons. The minimum absolute atomic E-state index is 0.195. The lowest BCUT2D eigenvalue weighted by molar-refractivity contribution is 0.0727. The molecule has 0 atom stereocenters. The van der Waals surface area contributed by atoms with Crippen molar-refractivity contribution in [2.24, 2.45) is 0 Å². The monoisotopic (exact) mass is 339 g/mol. The molecule has 0 N–H and O–H groups in total. The lowest BCUT2D eigenvalue weighted by Crippen LogP contribution is -2.13. The van der Waals surface area contributed by atoms with Gasteiger partial charge in [0.2, 0.25) is 0 Å². The zero-order valence-corrected chi connectivity index (χ0v) is 14.8. The van der Waals surface area contributed by atoms with Gasteiger partial charge in [-0.3, -0.25) is 0 Å². The summed E-state index contributed by atoms with van der Waals surface area (Å²) >= 11 is 0. The third-order valence-electron chi connectivity index (χ3n) is 3.82. The molecule has 0 unspecified atom stereocenters. The number of ether oxygens (including phenoxy) is 2. The molecule has 0 aliphatic rings. The Labute approximate surface area is 146 Å². The number of carbonyl (C=O) groups excluding carboxylic acids is 1. The maximum Gasteiger partial charge on any atom is 0.345 e. The van der Waals surface area contributed by atoms with Crippen molar-refractivity contribution in [1.82, 2.24) is 14.8 Å². The van der Waals surface area contributed by atoms with Crippen molar-refractivity contribution >= 4 is 17.0 Å². The molecule has 3 rings (SSSR count). The summed E-state index contributed by atoms with van der Waals surface area (Å²) < 4.78 is 12.9. The van der Waals surface area contributed by atoms with Gasteiger partial charge >= 0.3 is 5.97 Å². The van der Waals surface area contributed by atoms with E-state index < -0.39 is 5.97 Å². The van der Waals surface area contributed by atoms with Crippen LogP contribution >= 0.6 is 0 Å². The summed E-state index contributed by atoms with van der Waals surface area (Å²) in [7, 11) is 0. The summed E-state index contributed by atoms with van der Waals surface area (Å²) in [6.45, 7) is 8.25. The van der Waals surface area contributed by atoms with Gasteiger partial charge in [-0.25, -0.2) is 14.5 Å². The summed E-state index contributed by atoms with van der Waals surface area (Å²) in [4.78, 5) is 17.2. The lowest BCUT2D eigenvalue weighted by Gasteiger charge is -2.11. The molecule has 3 aromatic rings. The van der Waals surface area contributed by atoms with Gasteiger partial charge in [-0.15, -0.1) is 0 Å². The SMILES string of the molecule is CCOc1ccccc1OC(=O)c1cc2cnn(C(C)C)c2nc1C. The first-order chi connectivity index (χ1) is 12.0. The Morgan fingerprint density at radius 2 is 1.96 bits per heavy atom. The smallest absolute Gasteiger partial charge is 0.345 e. The van der Waals surface area contributed by atoms with Gasteiger partial charge in [0.15, 0.2) is 17.1 Å². The molecule has 25 heavy (non-hydrogen) atoms. The van der Waals surface area contributed by atoms with Gasteiger partial charge in [0.25, 0.3) is 0 Å². The van der Waals surface area contributed by atoms with Crippen LogP contribution in [-0.4, -0.2) is 27.3 Å². The molecule has 2 aromatic heterocycles. The number of hydrogen-bond acceptors (Lipinski definition) is 5. The van der Waals surface area contributed by atoms with Crippen LogP contribution in [0.3, 0.4) is 0 Å². The summed E-state index contributed by atoms with van der Waals surface area (Å²) in [5, 5.41) is 5.15. The topological polar surface area (TPSA) is 66.2 Å². The fourth-order valence-electron chi connectivity index (χ4n) is 2.61. The van der Waals surface area contributed by atoms with E-state index in [1.807, 2.05) is 31.5 Å². The van der Waals surface area contributed by atoms with Crippen LogP contribution < -0.4 is 9.47 Å². The number of para-hydroxylation sites is 2. The highest BCUT2D eigenvalue weighted by Gasteiger charge is 2.18. The number of carbonyl (C=O) groups is 1. The number of hydrogen-bond donors (Lipinski definition) is 0. The molecular weight excluding hydrogens is 318 g/mol. The molecule has 0 radical (unpaired) electrons. The highest BCUT2D eigenvalue weighted by molar-refractivity contribution is 5.95. The van der Waals surface area contributed by atoms with Crippen LogP contribution in [0.4, 0.5) is 0 Å².